The van der Waals surface area contributed by atoms with E-state index in [-0.39, 0.29) is 24.0 Å². The van der Waals surface area contributed by atoms with Gasteiger partial charge < -0.3 is 0 Å². The Morgan fingerprint density at radius 1 is 0.967 bits per heavy atom. The quantitative estimate of drug-likeness (QED) is 0.490. The first-order valence-electron chi connectivity index (χ1n) is 10.4. The summed E-state index contributed by atoms with van der Waals surface area (Å²) in [7, 11) is 0. The third kappa shape index (κ3) is 3.05. The number of aryl methyl sites for hydroxylation is 1. The fraction of sp³-hybridized carbons (Fsp3) is 0.231. The Bertz CT molecular complexity index is 1220. The number of Topliss-reactive ketones (excluding diaryl/α,β-unsaturated/α-hetero) is 1. The van der Waals surface area contributed by atoms with Gasteiger partial charge in [-0.1, -0.05) is 60.1 Å². The van der Waals surface area contributed by atoms with E-state index in [0.717, 1.165) is 51.7 Å². The van der Waals surface area contributed by atoms with Crippen LogP contribution in [0.1, 0.15) is 42.7 Å². The van der Waals surface area contributed by atoms with Crippen molar-refractivity contribution < 1.29 is 9.59 Å². The molecule has 3 nitrogen and oxygen atoms in total. The van der Waals surface area contributed by atoms with Crippen LogP contribution < -0.4 is 4.90 Å². The zero-order valence-corrected chi connectivity index (χ0v) is 17.6. The van der Waals surface area contributed by atoms with Gasteiger partial charge in [0, 0.05) is 35.1 Å². The lowest BCUT2D eigenvalue weighted by Gasteiger charge is -2.39. The maximum absolute atomic E-state index is 13.5. The topological polar surface area (TPSA) is 37.4 Å². The van der Waals surface area contributed by atoms with Gasteiger partial charge in [-0.15, -0.1) is 0 Å². The number of halogens is 1. The summed E-state index contributed by atoms with van der Waals surface area (Å²) in [4.78, 5) is 28.4. The molecule has 1 unspecified atom stereocenters. The van der Waals surface area contributed by atoms with Crippen LogP contribution in [0.2, 0.25) is 5.02 Å². The van der Waals surface area contributed by atoms with E-state index in [2.05, 4.69) is 24.3 Å². The van der Waals surface area contributed by atoms with Gasteiger partial charge in [-0.05, 0) is 53.8 Å². The van der Waals surface area contributed by atoms with Gasteiger partial charge in [-0.25, -0.2) is 0 Å². The summed E-state index contributed by atoms with van der Waals surface area (Å²) in [5.74, 6) is -0.0275. The summed E-state index contributed by atoms with van der Waals surface area (Å²) < 4.78 is 0. The molecule has 1 amide bonds. The fourth-order valence-electron chi connectivity index (χ4n) is 4.92. The van der Waals surface area contributed by atoms with E-state index in [1.54, 1.807) is 4.90 Å². The highest BCUT2D eigenvalue weighted by atomic mass is 35.5. The third-order valence-electron chi connectivity index (χ3n) is 6.29. The van der Waals surface area contributed by atoms with E-state index >= 15 is 0 Å². The molecule has 3 aromatic carbocycles. The first-order chi connectivity index (χ1) is 14.5. The molecule has 0 N–H and O–H groups in total. The predicted octanol–water partition coefficient (Wildman–Crippen LogP) is 6.33. The number of ketones is 1. The Balaban J connectivity index is 1.73. The van der Waals surface area contributed by atoms with Gasteiger partial charge in [0.1, 0.15) is 0 Å². The van der Waals surface area contributed by atoms with Crippen molar-refractivity contribution in [3.8, 4) is 0 Å². The lowest BCUT2D eigenvalue weighted by Crippen LogP contribution is -2.41. The number of rotatable bonds is 2. The molecular formula is C26H22ClNO2. The first kappa shape index (κ1) is 19.1. The highest BCUT2D eigenvalue weighted by Gasteiger charge is 2.40. The molecule has 0 saturated carbocycles. The van der Waals surface area contributed by atoms with Crippen LogP contribution in [0.4, 0.5) is 5.69 Å². The van der Waals surface area contributed by atoms with Gasteiger partial charge in [-0.2, -0.15) is 0 Å². The van der Waals surface area contributed by atoms with Crippen molar-refractivity contribution in [3.05, 3.63) is 88.1 Å². The molecule has 0 spiro atoms. The maximum atomic E-state index is 13.5. The minimum Gasteiger partial charge on any atom is -0.294 e. The maximum Gasteiger partial charge on any atom is 0.232 e. The molecule has 2 aliphatic rings. The van der Waals surface area contributed by atoms with Crippen molar-refractivity contribution in [2.45, 2.75) is 38.5 Å². The number of fused-ring (bicyclic) bond motifs is 1. The second-order valence-electron chi connectivity index (χ2n) is 8.12. The summed E-state index contributed by atoms with van der Waals surface area (Å²) in [5, 5.41) is 2.82. The van der Waals surface area contributed by atoms with Crippen LogP contribution in [0, 0.1) is 6.92 Å². The van der Waals surface area contributed by atoms with E-state index in [0.29, 0.717) is 11.4 Å². The fourth-order valence-corrected chi connectivity index (χ4v) is 5.08. The molecule has 1 aliphatic carbocycles. The molecule has 0 fully saturated rings. The molecule has 1 aliphatic heterocycles. The summed E-state index contributed by atoms with van der Waals surface area (Å²) in [6.45, 7) is 1.97. The normalized spacial score (nSPS) is 19.4. The summed E-state index contributed by atoms with van der Waals surface area (Å²) in [6.07, 6.45) is 2.31. The monoisotopic (exact) mass is 415 g/mol. The van der Waals surface area contributed by atoms with Crippen molar-refractivity contribution in [1.82, 2.24) is 0 Å². The molecule has 0 radical (unpaired) electrons. The number of nitrogens with zero attached hydrogens (tertiary/aromatic N) is 1. The summed E-state index contributed by atoms with van der Waals surface area (Å²) in [6, 6.07) is 19.9. The van der Waals surface area contributed by atoms with Crippen LogP contribution in [0.15, 0.2) is 71.9 Å². The molecule has 0 aromatic heterocycles. The summed E-state index contributed by atoms with van der Waals surface area (Å²) >= 11 is 6.26. The first-order valence-corrected chi connectivity index (χ1v) is 10.8. The minimum atomic E-state index is -0.206. The number of hydrogen-bond donors (Lipinski definition) is 0. The Hall–Kier alpha value is -2.91. The van der Waals surface area contributed by atoms with Crippen molar-refractivity contribution in [2.75, 3.05) is 4.90 Å². The Labute approximate surface area is 181 Å². The van der Waals surface area contributed by atoms with E-state index in [1.165, 1.54) is 0 Å². The Morgan fingerprint density at radius 2 is 1.77 bits per heavy atom. The summed E-state index contributed by atoms with van der Waals surface area (Å²) in [5.41, 5.74) is 4.47. The second-order valence-corrected chi connectivity index (χ2v) is 8.56. The average molecular weight is 416 g/mol. The van der Waals surface area contributed by atoms with Crippen LogP contribution in [0.25, 0.3) is 10.8 Å². The van der Waals surface area contributed by atoms with Gasteiger partial charge in [0.2, 0.25) is 5.91 Å². The van der Waals surface area contributed by atoms with Gasteiger partial charge in [0.25, 0.3) is 0 Å². The van der Waals surface area contributed by atoms with Crippen LogP contribution in [0.3, 0.4) is 0 Å². The van der Waals surface area contributed by atoms with Gasteiger partial charge in [0.05, 0.1) is 5.69 Å². The number of anilines is 1. The standard InChI is InChI=1S/C26H22ClNO2/c1-16-12-13-18(27)14-23(16)28-22-10-5-11-24(29)26(22)21(15-25(28)30)20-9-4-7-17-6-2-3-8-19(17)20/h2-4,6-9,12-14,21H,5,10-11,15H2,1H3. The smallest absolute Gasteiger partial charge is 0.232 e. The molecule has 4 heteroatoms. The number of benzene rings is 3. The van der Waals surface area contributed by atoms with Gasteiger partial charge in [0.15, 0.2) is 5.78 Å². The molecule has 3 aromatic rings. The van der Waals surface area contributed by atoms with Crippen LogP contribution >= 0.6 is 11.6 Å². The highest BCUT2D eigenvalue weighted by Crippen LogP contribution is 2.45. The molecular weight excluding hydrogens is 394 g/mol. The van der Waals surface area contributed by atoms with E-state index in [4.69, 9.17) is 11.6 Å². The zero-order valence-electron chi connectivity index (χ0n) is 16.8. The largest absolute Gasteiger partial charge is 0.294 e. The van der Waals surface area contributed by atoms with Crippen molar-refractivity contribution >= 4 is 39.8 Å². The molecule has 5 rings (SSSR count). The molecule has 1 heterocycles. The predicted molar refractivity (Wildman–Crippen MR) is 121 cm³/mol. The molecule has 150 valence electrons. The van der Waals surface area contributed by atoms with Crippen molar-refractivity contribution in [3.63, 3.8) is 0 Å². The van der Waals surface area contributed by atoms with Crippen LogP contribution in [-0.4, -0.2) is 11.7 Å². The van der Waals surface area contributed by atoms with Crippen molar-refractivity contribution in [2.24, 2.45) is 0 Å². The number of allylic oxidation sites excluding steroid dienone is 2. The van der Waals surface area contributed by atoms with Gasteiger partial charge >= 0.3 is 0 Å². The number of carbonyl (C=O) groups is 2. The van der Waals surface area contributed by atoms with E-state index in [9.17, 15) is 9.59 Å². The van der Waals surface area contributed by atoms with Crippen LogP contribution in [-0.2, 0) is 9.59 Å². The van der Waals surface area contributed by atoms with E-state index in [1.807, 2.05) is 43.3 Å². The highest BCUT2D eigenvalue weighted by molar-refractivity contribution is 6.31. The number of carbonyl (C=O) groups excluding carboxylic acids is 2. The number of amides is 1. The SMILES string of the molecule is Cc1ccc(Cl)cc1N1C(=O)CC(c2cccc3ccccc23)C2=C1CCCC2=O. The Kier molecular flexibility index (Phi) is 4.71. The number of hydrogen-bond acceptors (Lipinski definition) is 2. The molecule has 0 saturated heterocycles. The minimum absolute atomic E-state index is 0.0201. The Morgan fingerprint density at radius 3 is 2.63 bits per heavy atom. The lowest BCUT2D eigenvalue weighted by atomic mass is 9.76. The molecule has 1 atom stereocenters. The van der Waals surface area contributed by atoms with Gasteiger partial charge in [-0.3, -0.25) is 14.5 Å². The van der Waals surface area contributed by atoms with Crippen LogP contribution in [0.5, 0.6) is 0 Å². The average Bonchev–Trinajstić information content (AvgIpc) is 2.75. The van der Waals surface area contributed by atoms with E-state index < -0.39 is 0 Å². The second kappa shape index (κ2) is 7.41. The molecule has 0 bridgehead atoms. The zero-order chi connectivity index (χ0) is 20.8. The van der Waals surface area contributed by atoms with Crippen molar-refractivity contribution in [1.29, 1.82) is 0 Å². The molecule has 30 heavy (non-hydrogen) atoms. The lowest BCUT2D eigenvalue weighted by molar-refractivity contribution is -0.119. The third-order valence-corrected chi connectivity index (χ3v) is 6.52.